The molecule has 1 unspecified atom stereocenters. The molecule has 0 bridgehead atoms. The van der Waals surface area contributed by atoms with Crippen molar-refractivity contribution in [3.63, 3.8) is 0 Å². The molecule has 274 valence electrons. The number of hydrogen-bond donors (Lipinski definition) is 2. The van der Waals surface area contributed by atoms with Crippen molar-refractivity contribution in [1.29, 1.82) is 0 Å². The van der Waals surface area contributed by atoms with Crippen molar-refractivity contribution in [2.45, 2.75) is 43.9 Å². The average molecular weight is 808 g/mol. The number of thiophene rings is 1. The van der Waals surface area contributed by atoms with Crippen molar-refractivity contribution in [1.82, 2.24) is 15.1 Å². The van der Waals surface area contributed by atoms with Gasteiger partial charge in [0.2, 0.25) is 11.8 Å². The van der Waals surface area contributed by atoms with E-state index in [9.17, 15) is 24.3 Å². The van der Waals surface area contributed by atoms with Gasteiger partial charge in [-0.2, -0.15) is 0 Å². The highest BCUT2D eigenvalue weighted by atomic mass is 79.9. The Morgan fingerprint density at radius 1 is 0.796 bits per heavy atom. The predicted octanol–water partition coefficient (Wildman–Crippen LogP) is 6.96. The zero-order valence-corrected chi connectivity index (χ0v) is 31.4. The zero-order chi connectivity index (χ0) is 37.1. The van der Waals surface area contributed by atoms with E-state index in [1.165, 1.54) is 0 Å². The number of ether oxygens (including phenoxy) is 2. The van der Waals surface area contributed by atoms with Crippen molar-refractivity contribution in [2.75, 3.05) is 31.1 Å². The SMILES string of the molecule is O=C1CCC(N2C(=O)c3ccc(N4CCC(N5CC(Oc6ccc(Oc7c(-c8ccc(Br)cc8)sc8cc(O)ccc78)cc6)C5)CC4)cc3C2=O)C(=O)N1. The summed E-state index contributed by atoms with van der Waals surface area (Å²) in [6, 6.07) is 25.9. The van der Waals surface area contributed by atoms with Gasteiger partial charge in [-0.3, -0.25) is 34.3 Å². The van der Waals surface area contributed by atoms with Crippen molar-refractivity contribution in [3.8, 4) is 33.4 Å². The summed E-state index contributed by atoms with van der Waals surface area (Å²) in [5, 5.41) is 13.3. The Balaban J connectivity index is 0.784. The third-order valence-electron chi connectivity index (χ3n) is 10.7. The lowest BCUT2D eigenvalue weighted by Gasteiger charge is -2.47. The number of phenolic OH excluding ortho intramolecular Hbond substituents is 1. The monoisotopic (exact) mass is 806 g/mol. The van der Waals surface area contributed by atoms with E-state index in [-0.39, 0.29) is 24.7 Å². The molecule has 0 saturated carbocycles. The third kappa shape index (κ3) is 6.39. The van der Waals surface area contributed by atoms with E-state index in [0.717, 1.165) is 86.1 Å². The molecule has 13 heteroatoms. The Morgan fingerprint density at radius 2 is 1.52 bits per heavy atom. The standard InChI is InChI=1S/C41H35BrN4O7S/c42-24-3-1-23(2-4-24)38-37(32-12-6-27(47)20-35(32)54-38)53-29-9-7-28(8-10-29)52-30-21-45(22-30)25-15-17-44(18-16-25)26-5-11-31-33(19-26)41(51)46(40(31)50)34-13-14-36(48)43-39(34)49/h1-12,19-20,25,30,34,47H,13-18,21-22H2,(H,43,48,49). The number of rotatable bonds is 8. The fourth-order valence-corrected chi connectivity index (χ4v) is 9.27. The van der Waals surface area contributed by atoms with Crippen molar-refractivity contribution < 1.29 is 33.8 Å². The first-order chi connectivity index (χ1) is 26.2. The number of hydrogen-bond acceptors (Lipinski definition) is 10. The summed E-state index contributed by atoms with van der Waals surface area (Å²) in [6.07, 6.45) is 2.25. The normalized spacial score (nSPS) is 19.6. The predicted molar refractivity (Wildman–Crippen MR) is 207 cm³/mol. The van der Waals surface area contributed by atoms with Crippen LogP contribution in [-0.4, -0.2) is 82.9 Å². The number of nitrogens with one attached hydrogen (secondary N) is 1. The molecule has 3 fully saturated rings. The summed E-state index contributed by atoms with van der Waals surface area (Å²) in [4.78, 5) is 57.1. The minimum atomic E-state index is -0.973. The molecule has 11 nitrogen and oxygen atoms in total. The number of piperidine rings is 2. The minimum absolute atomic E-state index is 0.0916. The highest BCUT2D eigenvalue weighted by molar-refractivity contribution is 9.10. The number of amides is 4. The molecule has 5 aromatic rings. The molecular formula is C41H35BrN4O7S. The van der Waals surface area contributed by atoms with Crippen LogP contribution in [0.1, 0.15) is 46.4 Å². The Labute approximate surface area is 323 Å². The number of carbonyl (C=O) groups is 4. The third-order valence-corrected chi connectivity index (χ3v) is 12.4. The Kier molecular flexibility index (Phi) is 8.87. The van der Waals surface area contributed by atoms with Gasteiger partial charge >= 0.3 is 0 Å². The highest BCUT2D eigenvalue weighted by Crippen LogP contribution is 2.47. The molecule has 0 radical (unpaired) electrons. The Hall–Kier alpha value is -5.24. The van der Waals surface area contributed by atoms with Gasteiger partial charge in [0.15, 0.2) is 5.75 Å². The maximum Gasteiger partial charge on any atom is 0.262 e. The van der Waals surface area contributed by atoms with Gasteiger partial charge in [-0.25, -0.2) is 0 Å². The molecule has 4 aliphatic rings. The van der Waals surface area contributed by atoms with E-state index < -0.39 is 29.7 Å². The number of imide groups is 2. The zero-order valence-electron chi connectivity index (χ0n) is 29.0. The lowest BCUT2D eigenvalue weighted by Crippen LogP contribution is -2.59. The number of aromatic hydroxyl groups is 1. The summed E-state index contributed by atoms with van der Waals surface area (Å²) in [6.45, 7) is 3.32. The van der Waals surface area contributed by atoms with Crippen molar-refractivity contribution >= 4 is 66.7 Å². The first kappa shape index (κ1) is 34.5. The number of benzene rings is 4. The molecule has 0 aliphatic carbocycles. The smallest absolute Gasteiger partial charge is 0.262 e. The van der Waals surface area contributed by atoms with Gasteiger partial charge in [-0.1, -0.05) is 28.1 Å². The van der Waals surface area contributed by atoms with Gasteiger partial charge in [0.25, 0.3) is 11.8 Å². The van der Waals surface area contributed by atoms with E-state index in [1.54, 1.807) is 35.6 Å². The second kappa shape index (κ2) is 13.9. The molecular weight excluding hydrogens is 772 g/mol. The van der Waals surface area contributed by atoms with Crippen molar-refractivity contribution in [3.05, 3.63) is 101 Å². The second-order valence-corrected chi connectivity index (χ2v) is 16.1. The number of fused-ring (bicyclic) bond motifs is 2. The molecule has 3 saturated heterocycles. The summed E-state index contributed by atoms with van der Waals surface area (Å²) >= 11 is 5.10. The van der Waals surface area contributed by atoms with E-state index in [4.69, 9.17) is 9.47 Å². The number of halogens is 1. The van der Waals surface area contributed by atoms with E-state index in [2.05, 4.69) is 31.0 Å². The number of likely N-dealkylation sites (tertiary alicyclic amines) is 1. The number of phenols is 1. The minimum Gasteiger partial charge on any atom is -0.508 e. The van der Waals surface area contributed by atoms with Gasteiger partial charge in [0, 0.05) is 58.9 Å². The molecule has 4 amide bonds. The van der Waals surface area contributed by atoms with Crippen molar-refractivity contribution in [2.24, 2.45) is 0 Å². The Morgan fingerprint density at radius 3 is 2.26 bits per heavy atom. The number of carbonyl (C=O) groups excluding carboxylic acids is 4. The molecule has 1 atom stereocenters. The number of nitrogens with zero attached hydrogens (tertiary/aromatic N) is 3. The van der Waals surface area contributed by atoms with E-state index in [1.807, 2.05) is 60.7 Å². The largest absolute Gasteiger partial charge is 0.508 e. The maximum absolute atomic E-state index is 13.3. The molecule has 0 spiro atoms. The molecule has 2 N–H and O–H groups in total. The molecule has 9 rings (SSSR count). The van der Waals surface area contributed by atoms with Gasteiger partial charge in [-0.15, -0.1) is 11.3 Å². The summed E-state index contributed by atoms with van der Waals surface area (Å²) in [5.41, 5.74) is 2.51. The van der Waals surface area contributed by atoms with Crippen LogP contribution < -0.4 is 19.7 Å². The van der Waals surface area contributed by atoms with Crippen LogP contribution in [0, 0.1) is 0 Å². The van der Waals surface area contributed by atoms with Crippen LogP contribution in [0.2, 0.25) is 0 Å². The topological polar surface area (TPSA) is 129 Å². The molecule has 1 aromatic heterocycles. The van der Waals surface area contributed by atoms with Gasteiger partial charge < -0.3 is 19.5 Å². The second-order valence-electron chi connectivity index (χ2n) is 14.1. The van der Waals surface area contributed by atoms with Crippen LogP contribution in [0.5, 0.6) is 23.0 Å². The summed E-state index contributed by atoms with van der Waals surface area (Å²) < 4.78 is 14.7. The van der Waals surface area contributed by atoms with Crippen LogP contribution in [-0.2, 0) is 9.59 Å². The van der Waals surface area contributed by atoms with Crippen LogP contribution in [0.4, 0.5) is 5.69 Å². The Bertz CT molecular complexity index is 2310. The molecule has 54 heavy (non-hydrogen) atoms. The molecule has 4 aliphatic heterocycles. The number of anilines is 1. The van der Waals surface area contributed by atoms with Crippen LogP contribution in [0.15, 0.2) is 89.4 Å². The molecule has 5 heterocycles. The van der Waals surface area contributed by atoms with Gasteiger partial charge in [0.05, 0.1) is 16.0 Å². The quantitative estimate of drug-likeness (QED) is 0.160. The first-order valence-corrected chi connectivity index (χ1v) is 19.6. The highest BCUT2D eigenvalue weighted by Gasteiger charge is 2.45. The van der Waals surface area contributed by atoms with E-state index in [0.29, 0.717) is 22.9 Å². The van der Waals surface area contributed by atoms with Crippen LogP contribution in [0.25, 0.3) is 20.5 Å². The summed E-state index contributed by atoms with van der Waals surface area (Å²) in [5.74, 6) is 0.475. The maximum atomic E-state index is 13.3. The average Bonchev–Trinajstić information content (AvgIpc) is 3.63. The fourth-order valence-electron chi connectivity index (χ4n) is 7.84. The fraction of sp³-hybridized carbons (Fsp3) is 0.268. The van der Waals surface area contributed by atoms with E-state index >= 15 is 0 Å². The van der Waals surface area contributed by atoms with Gasteiger partial charge in [-0.05, 0) is 97.6 Å². The summed E-state index contributed by atoms with van der Waals surface area (Å²) in [7, 11) is 0. The first-order valence-electron chi connectivity index (χ1n) is 18.0. The lowest BCUT2D eigenvalue weighted by atomic mass is 9.97. The lowest BCUT2D eigenvalue weighted by molar-refractivity contribution is -0.136. The van der Waals surface area contributed by atoms with Crippen LogP contribution >= 0.6 is 27.3 Å². The van der Waals surface area contributed by atoms with Gasteiger partial charge in [0.1, 0.15) is 29.4 Å². The molecule has 4 aromatic carbocycles. The van der Waals surface area contributed by atoms with Crippen LogP contribution in [0.3, 0.4) is 0 Å².